The average molecular weight is 449 g/mol. The molecule has 0 radical (unpaired) electrons. The Morgan fingerprint density at radius 1 is 0.667 bits per heavy atom. The highest BCUT2D eigenvalue weighted by Crippen LogP contribution is 2.28. The van der Waals surface area contributed by atoms with Crippen LogP contribution < -0.4 is 18.9 Å². The summed E-state index contributed by atoms with van der Waals surface area (Å²) in [6, 6.07) is 11.0. The Bertz CT molecular complexity index is 1090. The lowest BCUT2D eigenvalue weighted by Crippen LogP contribution is -1.90. The first-order valence-corrected chi connectivity index (χ1v) is 10.1. The van der Waals surface area contributed by atoms with Crippen LogP contribution in [-0.2, 0) is 4.79 Å². The molecule has 2 aromatic carbocycles. The van der Waals surface area contributed by atoms with Gasteiger partial charge in [0, 0.05) is 6.08 Å². The van der Waals surface area contributed by atoms with Gasteiger partial charge in [0.25, 0.3) is 0 Å². The quantitative estimate of drug-likeness (QED) is 0.275. The van der Waals surface area contributed by atoms with E-state index in [4.69, 9.17) is 18.9 Å². The van der Waals surface area contributed by atoms with Crippen molar-refractivity contribution in [3.8, 4) is 23.0 Å². The van der Waals surface area contributed by atoms with Crippen LogP contribution in [0.4, 0.5) is 0 Å². The summed E-state index contributed by atoms with van der Waals surface area (Å²) >= 11 is 0. The molecule has 33 heavy (non-hydrogen) atoms. The zero-order chi connectivity index (χ0) is 24.1. The van der Waals surface area contributed by atoms with Crippen molar-refractivity contribution in [1.29, 1.82) is 0 Å². The van der Waals surface area contributed by atoms with Gasteiger partial charge in [-0.3, -0.25) is 4.79 Å². The van der Waals surface area contributed by atoms with Gasteiger partial charge >= 0.3 is 0 Å². The smallest absolute Gasteiger partial charge is 0.182 e. The van der Waals surface area contributed by atoms with Gasteiger partial charge in [-0.1, -0.05) is 48.6 Å². The lowest BCUT2D eigenvalue weighted by molar-refractivity contribution is -0.110. The molecule has 0 amide bonds. The molecule has 2 aromatic rings. The standard InChI is InChI=1S/C27H28O6/c1-30-24-15-13-20(17-26(24)32-3)9-5-7-11-22(28)19-23(29)12-8-6-10-21-14-16-25(31-2)27(18-21)33-4/h5-19,28H,1-4H3/b9-5+,10-6+,11-7+,12-8+,22-19-. The molecule has 0 atom stereocenters. The number of allylic oxidation sites excluding steroid dienone is 7. The van der Waals surface area contributed by atoms with E-state index in [0.717, 1.165) is 17.2 Å². The second kappa shape index (κ2) is 13.3. The molecule has 0 aromatic heterocycles. The number of rotatable bonds is 11. The van der Waals surface area contributed by atoms with Gasteiger partial charge in [-0.05, 0) is 47.5 Å². The van der Waals surface area contributed by atoms with E-state index in [9.17, 15) is 9.90 Å². The molecule has 2 rings (SSSR count). The number of ketones is 1. The summed E-state index contributed by atoms with van der Waals surface area (Å²) in [5, 5.41) is 9.91. The number of aliphatic hydroxyl groups is 1. The fourth-order valence-corrected chi connectivity index (χ4v) is 2.79. The molecule has 0 aliphatic rings. The zero-order valence-electron chi connectivity index (χ0n) is 19.1. The zero-order valence-corrected chi connectivity index (χ0v) is 19.1. The SMILES string of the molecule is COc1ccc(/C=C/C=C/C(=O)/C=C(O)/C=C/C=C/c2ccc(OC)c(OC)c2)cc1OC. The van der Waals surface area contributed by atoms with Crippen molar-refractivity contribution in [2.24, 2.45) is 0 Å². The van der Waals surface area contributed by atoms with Gasteiger partial charge in [0.05, 0.1) is 28.4 Å². The third kappa shape index (κ3) is 8.10. The first-order valence-electron chi connectivity index (χ1n) is 10.1. The van der Waals surface area contributed by atoms with E-state index in [1.165, 1.54) is 12.2 Å². The minimum Gasteiger partial charge on any atom is -0.508 e. The van der Waals surface area contributed by atoms with Crippen molar-refractivity contribution in [3.63, 3.8) is 0 Å². The summed E-state index contributed by atoms with van der Waals surface area (Å²) in [7, 11) is 6.31. The van der Waals surface area contributed by atoms with Gasteiger partial charge in [0.2, 0.25) is 0 Å². The third-order valence-electron chi connectivity index (χ3n) is 4.43. The molecule has 1 N–H and O–H groups in total. The number of aliphatic hydroxyl groups excluding tert-OH is 1. The van der Waals surface area contributed by atoms with E-state index < -0.39 is 0 Å². The fraction of sp³-hybridized carbons (Fsp3) is 0.148. The highest BCUT2D eigenvalue weighted by Gasteiger charge is 2.03. The molecule has 0 saturated heterocycles. The number of hydrogen-bond donors (Lipinski definition) is 1. The summed E-state index contributed by atoms with van der Waals surface area (Å²) in [5.41, 5.74) is 1.80. The molecular formula is C27H28O6. The molecule has 0 bridgehead atoms. The Morgan fingerprint density at radius 2 is 1.12 bits per heavy atom. The number of hydrogen-bond acceptors (Lipinski definition) is 6. The van der Waals surface area contributed by atoms with Crippen molar-refractivity contribution < 1.29 is 28.8 Å². The van der Waals surface area contributed by atoms with Crippen molar-refractivity contribution in [1.82, 2.24) is 0 Å². The lowest BCUT2D eigenvalue weighted by atomic mass is 10.2. The summed E-state index contributed by atoms with van der Waals surface area (Å²) in [4.78, 5) is 12.0. The number of ether oxygens (including phenoxy) is 4. The molecular weight excluding hydrogens is 420 g/mol. The fourth-order valence-electron chi connectivity index (χ4n) is 2.79. The molecule has 0 aliphatic heterocycles. The van der Waals surface area contributed by atoms with Crippen molar-refractivity contribution in [2.75, 3.05) is 28.4 Å². The molecule has 0 spiro atoms. The van der Waals surface area contributed by atoms with Crippen LogP contribution in [0, 0.1) is 0 Å². The molecule has 0 saturated carbocycles. The van der Waals surface area contributed by atoms with Gasteiger partial charge in [0.15, 0.2) is 28.8 Å². The minimum absolute atomic E-state index is 0.148. The van der Waals surface area contributed by atoms with Crippen LogP contribution in [-0.4, -0.2) is 39.3 Å². The molecule has 0 unspecified atom stereocenters. The van der Waals surface area contributed by atoms with E-state index in [0.29, 0.717) is 23.0 Å². The lowest BCUT2D eigenvalue weighted by Gasteiger charge is -2.07. The predicted octanol–water partition coefficient (Wildman–Crippen LogP) is 5.57. The highest BCUT2D eigenvalue weighted by molar-refractivity contribution is 5.99. The van der Waals surface area contributed by atoms with Gasteiger partial charge in [-0.25, -0.2) is 0 Å². The van der Waals surface area contributed by atoms with E-state index in [1.54, 1.807) is 58.8 Å². The number of benzene rings is 2. The highest BCUT2D eigenvalue weighted by atomic mass is 16.5. The molecule has 0 aliphatic carbocycles. The van der Waals surface area contributed by atoms with E-state index in [2.05, 4.69) is 0 Å². The normalized spacial score (nSPS) is 12.2. The monoisotopic (exact) mass is 448 g/mol. The first-order chi connectivity index (χ1) is 16.0. The predicted molar refractivity (Wildman–Crippen MR) is 131 cm³/mol. The van der Waals surface area contributed by atoms with Crippen molar-refractivity contribution >= 4 is 17.9 Å². The Hall–Kier alpha value is -4.19. The largest absolute Gasteiger partial charge is 0.508 e. The third-order valence-corrected chi connectivity index (χ3v) is 4.43. The Balaban J connectivity index is 1.91. The van der Waals surface area contributed by atoms with E-state index >= 15 is 0 Å². The van der Waals surface area contributed by atoms with Gasteiger partial charge < -0.3 is 24.1 Å². The van der Waals surface area contributed by atoms with Crippen LogP contribution in [0.1, 0.15) is 11.1 Å². The first kappa shape index (κ1) is 25.1. The van der Waals surface area contributed by atoms with Gasteiger partial charge in [-0.2, -0.15) is 0 Å². The molecule has 0 heterocycles. The maximum absolute atomic E-state index is 12.0. The second-order valence-corrected chi connectivity index (χ2v) is 6.64. The van der Waals surface area contributed by atoms with Gasteiger partial charge in [-0.15, -0.1) is 0 Å². The topological polar surface area (TPSA) is 74.2 Å². The second-order valence-electron chi connectivity index (χ2n) is 6.64. The number of carbonyl (C=O) groups is 1. The summed E-state index contributed by atoms with van der Waals surface area (Å²) < 4.78 is 20.9. The van der Waals surface area contributed by atoms with Crippen LogP contribution in [0.3, 0.4) is 0 Å². The molecule has 6 nitrogen and oxygen atoms in total. The summed E-state index contributed by atoms with van der Waals surface area (Å²) in [6.07, 6.45) is 14.3. The van der Waals surface area contributed by atoms with Crippen LogP contribution in [0.15, 0.2) is 84.7 Å². The van der Waals surface area contributed by atoms with Crippen LogP contribution in [0.25, 0.3) is 12.2 Å². The number of methoxy groups -OCH3 is 4. The van der Waals surface area contributed by atoms with E-state index in [-0.39, 0.29) is 11.5 Å². The van der Waals surface area contributed by atoms with Crippen molar-refractivity contribution in [2.45, 2.75) is 0 Å². The molecule has 6 heteroatoms. The maximum atomic E-state index is 12.0. The summed E-state index contributed by atoms with van der Waals surface area (Å²) in [6.45, 7) is 0. The minimum atomic E-state index is -0.335. The van der Waals surface area contributed by atoms with Gasteiger partial charge in [0.1, 0.15) is 5.76 Å². The Labute approximate surface area is 194 Å². The van der Waals surface area contributed by atoms with Crippen molar-refractivity contribution in [3.05, 3.63) is 95.8 Å². The van der Waals surface area contributed by atoms with E-state index in [1.807, 2.05) is 42.5 Å². The van der Waals surface area contributed by atoms with Crippen LogP contribution >= 0.6 is 0 Å². The maximum Gasteiger partial charge on any atom is 0.182 e. The number of carbonyl (C=O) groups excluding carboxylic acids is 1. The average Bonchev–Trinajstić information content (AvgIpc) is 2.84. The summed E-state index contributed by atoms with van der Waals surface area (Å²) in [5.74, 6) is 2.07. The Morgan fingerprint density at radius 3 is 1.58 bits per heavy atom. The Kier molecular flexibility index (Phi) is 10.1. The van der Waals surface area contributed by atoms with Crippen LogP contribution in [0.2, 0.25) is 0 Å². The molecule has 172 valence electrons. The van der Waals surface area contributed by atoms with Crippen LogP contribution in [0.5, 0.6) is 23.0 Å². The molecule has 0 fully saturated rings.